The first-order valence-corrected chi connectivity index (χ1v) is 8.42. The molecule has 0 aliphatic heterocycles. The first-order chi connectivity index (χ1) is 12.4. The molecule has 3 N–H and O–H groups in total. The smallest absolute Gasteiger partial charge is 0.267 e. The van der Waals surface area contributed by atoms with Crippen LogP contribution in [0.3, 0.4) is 0 Å². The molecule has 0 atom stereocenters. The second-order valence-electron chi connectivity index (χ2n) is 6.47. The lowest BCUT2D eigenvalue weighted by Crippen LogP contribution is -2.36. The number of pyridine rings is 2. The number of hydrogen-bond donors (Lipinski definition) is 3. The van der Waals surface area contributed by atoms with Crippen LogP contribution in [0.1, 0.15) is 24.2 Å². The number of nitrogens with zero attached hydrogens (tertiary/aromatic N) is 3. The van der Waals surface area contributed by atoms with Crippen molar-refractivity contribution in [3.63, 3.8) is 0 Å². The maximum Gasteiger partial charge on any atom is 0.267 e. The lowest BCUT2D eigenvalue weighted by atomic mass is 10.1. The molecule has 3 rings (SSSR count). The molecule has 0 bridgehead atoms. The Balaban J connectivity index is 2.31. The molecule has 3 aromatic heterocycles. The summed E-state index contributed by atoms with van der Waals surface area (Å²) in [6, 6.07) is 6.59. The summed E-state index contributed by atoms with van der Waals surface area (Å²) in [4.78, 5) is 29.8. The zero-order chi connectivity index (χ0) is 18.8. The first kappa shape index (κ1) is 17.8. The van der Waals surface area contributed by atoms with E-state index < -0.39 is 5.91 Å². The van der Waals surface area contributed by atoms with Crippen molar-refractivity contribution in [2.75, 3.05) is 13.2 Å². The summed E-state index contributed by atoms with van der Waals surface area (Å²) in [5, 5.41) is 20.7. The van der Waals surface area contributed by atoms with Crippen LogP contribution in [0.5, 0.6) is 0 Å². The number of carbonyl (C=O) groups excluding carboxylic acids is 1. The lowest BCUT2D eigenvalue weighted by molar-refractivity contribution is 0.0946. The van der Waals surface area contributed by atoms with E-state index in [0.717, 1.165) is 0 Å². The molecule has 8 heteroatoms. The molecule has 0 aliphatic carbocycles. The monoisotopic (exact) mass is 355 g/mol. The fourth-order valence-corrected chi connectivity index (χ4v) is 2.77. The fraction of sp³-hybridized carbons (Fsp3) is 0.333. The van der Waals surface area contributed by atoms with E-state index in [1.54, 1.807) is 24.4 Å². The third-order valence-electron chi connectivity index (χ3n) is 4.06. The molecule has 136 valence electrons. The van der Waals surface area contributed by atoms with E-state index in [1.807, 2.05) is 13.8 Å². The van der Waals surface area contributed by atoms with Gasteiger partial charge in [0.05, 0.1) is 17.6 Å². The minimum atomic E-state index is -0.421. The predicted molar refractivity (Wildman–Crippen MR) is 97.1 cm³/mol. The van der Waals surface area contributed by atoms with Gasteiger partial charge in [0, 0.05) is 19.3 Å². The van der Waals surface area contributed by atoms with Crippen LogP contribution in [0, 0.1) is 11.3 Å². The first-order valence-electron chi connectivity index (χ1n) is 8.42. The number of aliphatic hydroxyl groups excluding tert-OH is 1. The fourth-order valence-electron chi connectivity index (χ4n) is 2.77. The molecule has 3 heterocycles. The van der Waals surface area contributed by atoms with Crippen molar-refractivity contribution in [2.24, 2.45) is 5.92 Å². The van der Waals surface area contributed by atoms with Gasteiger partial charge in [0.2, 0.25) is 0 Å². The zero-order valence-corrected chi connectivity index (χ0v) is 14.7. The molecule has 3 aromatic rings. The van der Waals surface area contributed by atoms with E-state index in [-0.39, 0.29) is 46.7 Å². The minimum Gasteiger partial charge on any atom is -0.395 e. The third-order valence-corrected chi connectivity index (χ3v) is 4.06. The highest BCUT2D eigenvalue weighted by Crippen LogP contribution is 2.10. The highest BCUT2D eigenvalue weighted by Gasteiger charge is 2.17. The Morgan fingerprint density at radius 3 is 2.85 bits per heavy atom. The number of hydrogen-bond acceptors (Lipinski definition) is 5. The van der Waals surface area contributed by atoms with Crippen molar-refractivity contribution in [3.05, 3.63) is 51.9 Å². The standard InChI is InChI=1S/C18H21N5O3/c1-11(2)10-20-17(25)12-9-13-16(23(7-8-24)15(12)19)21-14-5-3-4-6-22(14)18(13)26/h3-6,9,11,19,24H,7-8,10H2,1-2H3,(H,20,25). The van der Waals surface area contributed by atoms with E-state index >= 15 is 0 Å². The molecule has 0 unspecified atom stereocenters. The van der Waals surface area contributed by atoms with E-state index in [1.165, 1.54) is 15.0 Å². The van der Waals surface area contributed by atoms with Gasteiger partial charge >= 0.3 is 0 Å². The van der Waals surface area contributed by atoms with Crippen molar-refractivity contribution in [1.29, 1.82) is 5.41 Å². The van der Waals surface area contributed by atoms with Crippen molar-refractivity contribution in [2.45, 2.75) is 20.4 Å². The Hall–Kier alpha value is -3.00. The van der Waals surface area contributed by atoms with Crippen LogP contribution in [-0.4, -0.2) is 38.1 Å². The van der Waals surface area contributed by atoms with Gasteiger partial charge in [-0.15, -0.1) is 0 Å². The number of aliphatic hydroxyl groups is 1. The second kappa shape index (κ2) is 7.09. The Bertz CT molecular complexity index is 1100. The van der Waals surface area contributed by atoms with Crippen molar-refractivity contribution >= 4 is 22.6 Å². The van der Waals surface area contributed by atoms with Crippen LogP contribution in [0.25, 0.3) is 16.7 Å². The Morgan fingerprint density at radius 1 is 1.38 bits per heavy atom. The number of aromatic nitrogens is 3. The topological polar surface area (TPSA) is 112 Å². The molecule has 0 saturated heterocycles. The van der Waals surface area contributed by atoms with Gasteiger partial charge in [-0.1, -0.05) is 19.9 Å². The number of fused-ring (bicyclic) bond motifs is 2. The second-order valence-corrected chi connectivity index (χ2v) is 6.47. The number of amides is 1. The van der Waals surface area contributed by atoms with Gasteiger partial charge < -0.3 is 15.0 Å². The molecule has 1 amide bonds. The number of rotatable bonds is 5. The summed E-state index contributed by atoms with van der Waals surface area (Å²) in [6.45, 7) is 4.23. The summed E-state index contributed by atoms with van der Waals surface area (Å²) >= 11 is 0. The van der Waals surface area contributed by atoms with Crippen LogP contribution in [-0.2, 0) is 6.54 Å². The minimum absolute atomic E-state index is 0.0656. The summed E-state index contributed by atoms with van der Waals surface area (Å²) in [7, 11) is 0. The normalized spacial score (nSPS) is 11.4. The Kier molecular flexibility index (Phi) is 4.85. The van der Waals surface area contributed by atoms with Gasteiger partial charge in [-0.05, 0) is 24.1 Å². The molecule has 0 spiro atoms. The van der Waals surface area contributed by atoms with Gasteiger partial charge in [-0.3, -0.25) is 19.4 Å². The van der Waals surface area contributed by atoms with E-state index in [4.69, 9.17) is 5.41 Å². The summed E-state index contributed by atoms with van der Waals surface area (Å²) in [5.74, 6) is -0.163. The summed E-state index contributed by atoms with van der Waals surface area (Å²) in [6.07, 6.45) is 1.60. The molecule has 8 nitrogen and oxygen atoms in total. The van der Waals surface area contributed by atoms with Gasteiger partial charge in [-0.2, -0.15) is 0 Å². The maximum absolute atomic E-state index is 12.9. The molecule has 26 heavy (non-hydrogen) atoms. The van der Waals surface area contributed by atoms with Crippen molar-refractivity contribution in [3.8, 4) is 0 Å². The van der Waals surface area contributed by atoms with E-state index in [9.17, 15) is 14.7 Å². The number of carbonyl (C=O) groups is 1. The van der Waals surface area contributed by atoms with Crippen molar-refractivity contribution in [1.82, 2.24) is 19.3 Å². The molecule has 0 radical (unpaired) electrons. The van der Waals surface area contributed by atoms with Crippen LogP contribution < -0.4 is 16.4 Å². The van der Waals surface area contributed by atoms with E-state index in [0.29, 0.717) is 12.2 Å². The average Bonchev–Trinajstić information content (AvgIpc) is 2.62. The van der Waals surface area contributed by atoms with Crippen LogP contribution in [0.15, 0.2) is 35.3 Å². The van der Waals surface area contributed by atoms with Gasteiger partial charge in [0.25, 0.3) is 11.5 Å². The van der Waals surface area contributed by atoms with Crippen LogP contribution in [0.2, 0.25) is 0 Å². The molecular formula is C18H21N5O3. The lowest BCUT2D eigenvalue weighted by Gasteiger charge is -2.14. The molecule has 0 aliphatic rings. The largest absolute Gasteiger partial charge is 0.395 e. The highest BCUT2D eigenvalue weighted by atomic mass is 16.3. The number of nitrogens with one attached hydrogen (secondary N) is 2. The summed E-state index contributed by atoms with van der Waals surface area (Å²) < 4.78 is 2.79. The van der Waals surface area contributed by atoms with Gasteiger partial charge in [0.15, 0.2) is 0 Å². The molecular weight excluding hydrogens is 334 g/mol. The quantitative estimate of drug-likeness (QED) is 0.579. The molecule has 0 fully saturated rings. The Morgan fingerprint density at radius 2 is 2.15 bits per heavy atom. The maximum atomic E-state index is 12.9. The third kappa shape index (κ3) is 3.11. The molecule has 0 saturated carbocycles. The highest BCUT2D eigenvalue weighted by molar-refractivity contribution is 5.96. The summed E-state index contributed by atoms with van der Waals surface area (Å²) in [5.41, 5.74) is 0.394. The Labute approximate surface area is 149 Å². The van der Waals surface area contributed by atoms with Crippen LogP contribution in [0.4, 0.5) is 0 Å². The van der Waals surface area contributed by atoms with Crippen molar-refractivity contribution < 1.29 is 9.90 Å². The van der Waals surface area contributed by atoms with Gasteiger partial charge in [0.1, 0.15) is 16.8 Å². The van der Waals surface area contributed by atoms with Gasteiger partial charge in [-0.25, -0.2) is 4.98 Å². The average molecular weight is 355 g/mol. The van der Waals surface area contributed by atoms with E-state index in [2.05, 4.69) is 10.3 Å². The SMILES string of the molecule is CC(C)CNC(=O)c1cc2c(=O)n3ccccc3nc2n(CCO)c1=N. The molecule has 0 aromatic carbocycles. The predicted octanol–water partition coefficient (Wildman–Crippen LogP) is 0.507. The van der Waals surface area contributed by atoms with Crippen LogP contribution >= 0.6 is 0 Å². The zero-order valence-electron chi connectivity index (χ0n) is 14.7.